The molecule has 2 atom stereocenters. The Morgan fingerprint density at radius 1 is 0.643 bits per heavy atom. The van der Waals surface area contributed by atoms with Gasteiger partial charge in [0.15, 0.2) is 11.6 Å². The zero-order valence-corrected chi connectivity index (χ0v) is 37.6. The molecule has 0 aromatic heterocycles. The van der Waals surface area contributed by atoms with E-state index in [0.717, 1.165) is 65.5 Å². The van der Waals surface area contributed by atoms with Crippen molar-refractivity contribution in [2.24, 2.45) is 10.9 Å². The Bertz CT molecular complexity index is 1660. The standard InChI is InChI=1S/C49H73F2NO4/c1-17-20-22-55-42-36(45(5,6)7)25-33(26-37(42)46(8,9)10)49(54,44(31(4)19-3)52-30-32-24-35(50)29-40(51)41(32)53)34-27-38(47(11,12)13)43(56-23-21-18-2)39(28-34)48(14,15)16/h24-31,44,53-54H,17-23H2,1-16H3. The van der Waals surface area contributed by atoms with Crippen LogP contribution in [-0.4, -0.2) is 35.7 Å². The quantitative estimate of drug-likeness (QED) is 0.119. The van der Waals surface area contributed by atoms with Gasteiger partial charge in [0.05, 0.1) is 19.3 Å². The van der Waals surface area contributed by atoms with Gasteiger partial charge in [0.25, 0.3) is 0 Å². The molecule has 2 unspecified atom stereocenters. The minimum atomic E-state index is -1.78. The van der Waals surface area contributed by atoms with E-state index in [1.54, 1.807) is 0 Å². The highest BCUT2D eigenvalue weighted by Gasteiger charge is 2.46. The number of rotatable bonds is 15. The zero-order chi connectivity index (χ0) is 42.6. The summed E-state index contributed by atoms with van der Waals surface area (Å²) in [7, 11) is 0. The van der Waals surface area contributed by atoms with Gasteiger partial charge < -0.3 is 19.7 Å². The van der Waals surface area contributed by atoms with Crippen molar-refractivity contribution in [3.8, 4) is 17.2 Å². The molecule has 0 spiro atoms. The fourth-order valence-electron chi connectivity index (χ4n) is 7.12. The molecule has 0 bridgehead atoms. The van der Waals surface area contributed by atoms with Gasteiger partial charge in [-0.1, -0.05) is 130 Å². The summed E-state index contributed by atoms with van der Waals surface area (Å²) in [6.45, 7) is 35.4. The highest BCUT2D eigenvalue weighted by molar-refractivity contribution is 5.83. The summed E-state index contributed by atoms with van der Waals surface area (Å²) in [5, 5.41) is 24.8. The van der Waals surface area contributed by atoms with E-state index < -0.39 is 29.0 Å². The third-order valence-corrected chi connectivity index (χ3v) is 10.8. The summed E-state index contributed by atoms with van der Waals surface area (Å²) < 4.78 is 42.5. The average Bonchev–Trinajstić information content (AvgIpc) is 3.08. The number of nitrogens with zero attached hydrogens (tertiary/aromatic N) is 1. The van der Waals surface area contributed by atoms with Crippen LogP contribution < -0.4 is 9.47 Å². The van der Waals surface area contributed by atoms with Gasteiger partial charge >= 0.3 is 0 Å². The van der Waals surface area contributed by atoms with Crippen molar-refractivity contribution < 1.29 is 28.5 Å². The molecule has 0 aliphatic carbocycles. The molecular weight excluding hydrogens is 705 g/mol. The van der Waals surface area contributed by atoms with Crippen LogP contribution in [0.25, 0.3) is 0 Å². The first-order valence-corrected chi connectivity index (χ1v) is 20.8. The molecule has 3 aromatic carbocycles. The maximum Gasteiger partial charge on any atom is 0.168 e. The van der Waals surface area contributed by atoms with Crippen molar-refractivity contribution in [3.63, 3.8) is 0 Å². The van der Waals surface area contributed by atoms with Gasteiger partial charge in [0.2, 0.25) is 0 Å². The molecular formula is C49H73F2NO4. The molecule has 3 rings (SSSR count). The van der Waals surface area contributed by atoms with Crippen molar-refractivity contribution >= 4 is 6.21 Å². The fourth-order valence-corrected chi connectivity index (χ4v) is 7.12. The van der Waals surface area contributed by atoms with Gasteiger partial charge in [-0.25, -0.2) is 8.78 Å². The number of ether oxygens (including phenoxy) is 2. The van der Waals surface area contributed by atoms with Crippen molar-refractivity contribution in [3.05, 3.63) is 87.0 Å². The Kier molecular flexibility index (Phi) is 15.1. The fraction of sp³-hybridized carbons (Fsp3) is 0.612. The lowest BCUT2D eigenvalue weighted by molar-refractivity contribution is 0.0323. The Hall–Kier alpha value is -3.45. The summed E-state index contributed by atoms with van der Waals surface area (Å²) in [5.74, 6) is -1.17. The van der Waals surface area contributed by atoms with Gasteiger partial charge in [-0.3, -0.25) is 4.99 Å². The highest BCUT2D eigenvalue weighted by atomic mass is 19.1. The molecule has 0 amide bonds. The number of aromatic hydroxyl groups is 1. The second kappa shape index (κ2) is 18.0. The van der Waals surface area contributed by atoms with E-state index in [1.807, 2.05) is 13.8 Å². The monoisotopic (exact) mass is 778 g/mol. The number of hydrogen-bond acceptors (Lipinski definition) is 5. The van der Waals surface area contributed by atoms with E-state index in [1.165, 1.54) is 6.21 Å². The first-order valence-electron chi connectivity index (χ1n) is 20.8. The normalized spacial score (nSPS) is 14.3. The molecule has 7 heteroatoms. The molecule has 3 aromatic rings. The summed E-state index contributed by atoms with van der Waals surface area (Å²) in [5.41, 5.74) is 1.80. The number of hydrogen-bond donors (Lipinski definition) is 2. The molecule has 2 N–H and O–H groups in total. The van der Waals surface area contributed by atoms with Crippen molar-refractivity contribution in [1.29, 1.82) is 0 Å². The van der Waals surface area contributed by atoms with E-state index in [9.17, 15) is 19.0 Å². The molecule has 0 saturated carbocycles. The molecule has 5 nitrogen and oxygen atoms in total. The summed E-state index contributed by atoms with van der Waals surface area (Å²) in [6.07, 6.45) is 5.76. The largest absolute Gasteiger partial charge is 0.504 e. The Morgan fingerprint density at radius 2 is 1.02 bits per heavy atom. The molecule has 0 radical (unpaired) electrons. The van der Waals surface area contributed by atoms with Crippen LogP contribution in [0.15, 0.2) is 41.4 Å². The third-order valence-electron chi connectivity index (χ3n) is 10.8. The highest BCUT2D eigenvalue weighted by Crippen LogP contribution is 2.50. The van der Waals surface area contributed by atoms with E-state index in [-0.39, 0.29) is 33.1 Å². The lowest BCUT2D eigenvalue weighted by Gasteiger charge is -2.42. The lowest BCUT2D eigenvalue weighted by Crippen LogP contribution is -2.44. The van der Waals surface area contributed by atoms with E-state index in [4.69, 9.17) is 14.5 Å². The van der Waals surface area contributed by atoms with Crippen LogP contribution in [0.5, 0.6) is 17.2 Å². The van der Waals surface area contributed by atoms with Crippen LogP contribution >= 0.6 is 0 Å². The van der Waals surface area contributed by atoms with Gasteiger partial charge in [-0.2, -0.15) is 0 Å². The first kappa shape index (κ1) is 46.9. The average molecular weight is 778 g/mol. The predicted octanol–water partition coefficient (Wildman–Crippen LogP) is 13.0. The molecule has 0 fully saturated rings. The maximum atomic E-state index is 14.7. The van der Waals surface area contributed by atoms with Gasteiger partial charge in [0, 0.05) is 40.1 Å². The number of benzene rings is 3. The van der Waals surface area contributed by atoms with Crippen LogP contribution in [0, 0.1) is 17.6 Å². The van der Waals surface area contributed by atoms with Crippen LogP contribution in [0.3, 0.4) is 0 Å². The van der Waals surface area contributed by atoms with Crippen molar-refractivity contribution in [2.75, 3.05) is 13.2 Å². The SMILES string of the molecule is CCCCOc1c(C(C)(C)C)cc(C(O)(c2cc(C(C)(C)C)c(OCCCC)c(C(C)(C)C)c2)C(N=Cc2cc(F)cc(F)c2O)C(C)CC)cc1C(C)(C)C. The maximum absolute atomic E-state index is 14.7. The minimum Gasteiger partial charge on any atom is -0.504 e. The number of phenolic OH excluding ortho intramolecular Hbond substituents is 1. The molecule has 0 heterocycles. The lowest BCUT2D eigenvalue weighted by atomic mass is 9.68. The Morgan fingerprint density at radius 3 is 1.34 bits per heavy atom. The Labute approximate surface area is 338 Å². The topological polar surface area (TPSA) is 71.3 Å². The molecule has 0 saturated heterocycles. The van der Waals surface area contributed by atoms with E-state index >= 15 is 0 Å². The first-order chi connectivity index (χ1) is 25.7. The number of aliphatic imine (C=N–C) groups is 1. The summed E-state index contributed by atoms with van der Waals surface area (Å²) in [6, 6.07) is 9.18. The summed E-state index contributed by atoms with van der Waals surface area (Å²) in [4.78, 5) is 5.04. The number of phenols is 1. The second-order valence-corrected chi connectivity index (χ2v) is 19.9. The van der Waals surface area contributed by atoms with Gasteiger partial charge in [-0.05, 0) is 81.9 Å². The smallest absolute Gasteiger partial charge is 0.168 e. The molecule has 0 aliphatic heterocycles. The molecule has 312 valence electrons. The third kappa shape index (κ3) is 10.7. The minimum absolute atomic E-state index is 0.103. The van der Waals surface area contributed by atoms with Crippen molar-refractivity contribution in [2.45, 2.75) is 176 Å². The van der Waals surface area contributed by atoms with Gasteiger partial charge in [-0.15, -0.1) is 0 Å². The van der Waals surface area contributed by atoms with Crippen LogP contribution in [0.4, 0.5) is 8.78 Å². The van der Waals surface area contributed by atoms with Crippen LogP contribution in [0.2, 0.25) is 0 Å². The number of aliphatic hydroxyl groups is 1. The van der Waals surface area contributed by atoms with E-state index in [2.05, 4.69) is 121 Å². The molecule has 0 aliphatic rings. The number of unbranched alkanes of at least 4 members (excludes halogenated alkanes) is 2. The zero-order valence-electron chi connectivity index (χ0n) is 37.6. The van der Waals surface area contributed by atoms with Crippen molar-refractivity contribution in [1.82, 2.24) is 0 Å². The summed E-state index contributed by atoms with van der Waals surface area (Å²) >= 11 is 0. The van der Waals surface area contributed by atoms with Crippen LogP contribution in [0.1, 0.15) is 182 Å². The van der Waals surface area contributed by atoms with E-state index in [0.29, 0.717) is 36.8 Å². The second-order valence-electron chi connectivity index (χ2n) is 19.9. The van der Waals surface area contributed by atoms with Gasteiger partial charge in [0.1, 0.15) is 22.9 Å². The predicted molar refractivity (Wildman–Crippen MR) is 230 cm³/mol. The Balaban J connectivity index is 2.70. The molecule has 56 heavy (non-hydrogen) atoms. The number of halogens is 2. The van der Waals surface area contributed by atoms with Crippen LogP contribution in [-0.2, 0) is 27.3 Å².